The Morgan fingerprint density at radius 2 is 0.902 bits per heavy atom. The first-order valence-corrected chi connectivity index (χ1v) is 21.6. The van der Waals surface area contributed by atoms with E-state index in [1.165, 1.54) is 80.0 Å². The van der Waals surface area contributed by atoms with Crippen LogP contribution in [0, 0.1) is 0 Å². The van der Waals surface area contributed by atoms with Gasteiger partial charge in [0.1, 0.15) is 11.2 Å². The Balaban J connectivity index is 1.06. The monoisotopic (exact) mass is 793 g/mol. The van der Waals surface area contributed by atoms with Gasteiger partial charge in [0.15, 0.2) is 0 Å². The lowest BCUT2D eigenvalue weighted by Gasteiger charge is -2.26. The highest BCUT2D eigenvalue weighted by molar-refractivity contribution is 7.26. The zero-order valence-corrected chi connectivity index (χ0v) is 33.8. The summed E-state index contributed by atoms with van der Waals surface area (Å²) in [6.45, 7) is 0. The van der Waals surface area contributed by atoms with Crippen LogP contribution in [0.15, 0.2) is 217 Å². The maximum atomic E-state index is 7.01. The molecule has 2 nitrogen and oxygen atoms in total. The third-order valence-corrected chi connectivity index (χ3v) is 13.8. The first kappa shape index (κ1) is 34.2. The molecular formula is C58H35NOS. The molecule has 61 heavy (non-hydrogen) atoms. The second-order valence-corrected chi connectivity index (χ2v) is 17.0. The number of nitrogens with zero attached hydrogens (tertiary/aromatic N) is 1. The van der Waals surface area contributed by atoms with Crippen molar-refractivity contribution in [2.45, 2.75) is 0 Å². The van der Waals surface area contributed by atoms with Crippen LogP contribution in [0.5, 0.6) is 0 Å². The molecule has 0 atom stereocenters. The topological polar surface area (TPSA) is 16.4 Å². The molecule has 0 aliphatic rings. The van der Waals surface area contributed by atoms with Gasteiger partial charge in [-0.15, -0.1) is 11.3 Å². The molecule has 0 aliphatic heterocycles. The van der Waals surface area contributed by atoms with Crippen molar-refractivity contribution in [3.63, 3.8) is 0 Å². The van der Waals surface area contributed by atoms with Gasteiger partial charge in [-0.25, -0.2) is 0 Å². The average Bonchev–Trinajstić information content (AvgIpc) is 3.90. The van der Waals surface area contributed by atoms with Crippen LogP contribution < -0.4 is 4.90 Å². The Kier molecular flexibility index (Phi) is 7.51. The van der Waals surface area contributed by atoms with E-state index in [-0.39, 0.29) is 0 Å². The predicted molar refractivity (Wildman–Crippen MR) is 262 cm³/mol. The van der Waals surface area contributed by atoms with Crippen molar-refractivity contribution in [3.05, 3.63) is 212 Å². The quantitative estimate of drug-likeness (QED) is 0.161. The molecule has 11 aromatic carbocycles. The molecule has 0 amide bonds. The predicted octanol–water partition coefficient (Wildman–Crippen LogP) is 17.4. The lowest BCUT2D eigenvalue weighted by atomic mass is 9.93. The van der Waals surface area contributed by atoms with Crippen molar-refractivity contribution in [3.8, 4) is 22.3 Å². The fraction of sp³-hybridized carbons (Fsp3) is 0. The molecule has 0 radical (unpaired) electrons. The molecule has 13 rings (SSSR count). The minimum atomic E-state index is 0.870. The highest BCUT2D eigenvalue weighted by atomic mass is 32.1. The smallest absolute Gasteiger partial charge is 0.143 e. The molecule has 284 valence electrons. The maximum absolute atomic E-state index is 7.01. The number of fused-ring (bicyclic) bond motifs is 13. The summed E-state index contributed by atoms with van der Waals surface area (Å²) < 4.78 is 9.59. The van der Waals surface area contributed by atoms with E-state index in [9.17, 15) is 0 Å². The lowest BCUT2D eigenvalue weighted by molar-refractivity contribution is 0.670. The molecule has 0 saturated carbocycles. The minimum Gasteiger partial charge on any atom is -0.455 e. The van der Waals surface area contributed by atoms with E-state index >= 15 is 0 Å². The van der Waals surface area contributed by atoms with Gasteiger partial charge in [-0.2, -0.15) is 0 Å². The number of thiophene rings is 1. The zero-order chi connectivity index (χ0) is 40.0. The number of hydrogen-bond acceptors (Lipinski definition) is 3. The van der Waals surface area contributed by atoms with Crippen LogP contribution in [0.25, 0.3) is 107 Å². The SMILES string of the molecule is c1ccc(-c2ccc(N(c3ccc4oc5c(-c6cccc7c6sc6ccccc67)c6ccccc6cc5c4c3)c3ccc4c5ccccc5c5ccccc5c4c3)cc2)cc1. The largest absolute Gasteiger partial charge is 0.455 e. The van der Waals surface area contributed by atoms with Crippen molar-refractivity contribution in [1.29, 1.82) is 0 Å². The molecule has 0 spiro atoms. The minimum absolute atomic E-state index is 0.870. The van der Waals surface area contributed by atoms with Gasteiger partial charge in [-0.1, -0.05) is 158 Å². The molecule has 2 heterocycles. The van der Waals surface area contributed by atoms with E-state index in [4.69, 9.17) is 4.42 Å². The first-order valence-electron chi connectivity index (χ1n) is 20.8. The summed E-state index contributed by atoms with van der Waals surface area (Å²) in [5, 5.41) is 14.7. The van der Waals surface area contributed by atoms with Crippen molar-refractivity contribution >= 4 is 114 Å². The van der Waals surface area contributed by atoms with Gasteiger partial charge in [-0.05, 0) is 109 Å². The van der Waals surface area contributed by atoms with E-state index in [0.29, 0.717) is 0 Å². The van der Waals surface area contributed by atoms with Gasteiger partial charge in [0.25, 0.3) is 0 Å². The van der Waals surface area contributed by atoms with Crippen LogP contribution >= 0.6 is 11.3 Å². The van der Waals surface area contributed by atoms with Gasteiger partial charge in [-0.3, -0.25) is 0 Å². The van der Waals surface area contributed by atoms with Gasteiger partial charge >= 0.3 is 0 Å². The number of benzene rings is 11. The van der Waals surface area contributed by atoms with Crippen molar-refractivity contribution in [2.75, 3.05) is 4.90 Å². The summed E-state index contributed by atoms with van der Waals surface area (Å²) >= 11 is 1.86. The molecule has 2 aromatic heterocycles. The second-order valence-electron chi connectivity index (χ2n) is 16.0. The Bertz CT molecular complexity index is 3840. The van der Waals surface area contributed by atoms with Crippen LogP contribution in [-0.2, 0) is 0 Å². The van der Waals surface area contributed by atoms with Gasteiger partial charge < -0.3 is 9.32 Å². The molecule has 0 N–H and O–H groups in total. The zero-order valence-electron chi connectivity index (χ0n) is 33.0. The van der Waals surface area contributed by atoms with E-state index in [1.807, 2.05) is 11.3 Å². The number of furan rings is 1. The molecule has 0 fully saturated rings. The summed E-state index contributed by atoms with van der Waals surface area (Å²) in [5.74, 6) is 0. The second kappa shape index (κ2) is 13.4. The van der Waals surface area contributed by atoms with E-state index < -0.39 is 0 Å². The highest BCUT2D eigenvalue weighted by Gasteiger charge is 2.22. The van der Waals surface area contributed by atoms with Crippen molar-refractivity contribution in [1.82, 2.24) is 0 Å². The summed E-state index contributed by atoms with van der Waals surface area (Å²) in [7, 11) is 0. The molecule has 3 heteroatoms. The molecule has 13 aromatic rings. The Morgan fingerprint density at radius 1 is 0.344 bits per heavy atom. The fourth-order valence-electron chi connectivity index (χ4n) is 9.83. The summed E-state index contributed by atoms with van der Waals surface area (Å²) in [4.78, 5) is 2.40. The van der Waals surface area contributed by atoms with Crippen LogP contribution in [0.3, 0.4) is 0 Å². The maximum Gasteiger partial charge on any atom is 0.143 e. The van der Waals surface area contributed by atoms with Gasteiger partial charge in [0, 0.05) is 59.1 Å². The molecule has 0 aliphatic carbocycles. The van der Waals surface area contributed by atoms with Crippen LogP contribution in [0.1, 0.15) is 0 Å². The number of anilines is 3. The molecule has 0 saturated heterocycles. The third kappa shape index (κ3) is 5.28. The average molecular weight is 794 g/mol. The molecule has 0 unspecified atom stereocenters. The first-order chi connectivity index (χ1) is 30.2. The van der Waals surface area contributed by atoms with E-state index in [1.54, 1.807) is 0 Å². The van der Waals surface area contributed by atoms with E-state index in [0.717, 1.165) is 44.6 Å². The number of rotatable bonds is 5. The van der Waals surface area contributed by atoms with E-state index in [2.05, 4.69) is 217 Å². The third-order valence-electron chi connectivity index (χ3n) is 12.6. The van der Waals surface area contributed by atoms with Crippen LogP contribution in [0.2, 0.25) is 0 Å². The normalized spacial score (nSPS) is 11.9. The van der Waals surface area contributed by atoms with Crippen molar-refractivity contribution < 1.29 is 4.42 Å². The van der Waals surface area contributed by atoms with Gasteiger partial charge in [0.2, 0.25) is 0 Å². The molecular weight excluding hydrogens is 759 g/mol. The Morgan fingerprint density at radius 3 is 1.66 bits per heavy atom. The summed E-state index contributed by atoms with van der Waals surface area (Å²) in [6.07, 6.45) is 0. The van der Waals surface area contributed by atoms with Gasteiger partial charge in [0.05, 0.1) is 0 Å². The summed E-state index contributed by atoms with van der Waals surface area (Å²) in [6, 6.07) is 77.4. The van der Waals surface area contributed by atoms with Crippen LogP contribution in [0.4, 0.5) is 17.1 Å². The Labute approximate surface area is 355 Å². The number of hydrogen-bond donors (Lipinski definition) is 0. The fourth-order valence-corrected chi connectivity index (χ4v) is 11.1. The highest BCUT2D eigenvalue weighted by Crippen LogP contribution is 2.48. The Hall–Kier alpha value is -7.72. The van der Waals surface area contributed by atoms with Crippen molar-refractivity contribution in [2.24, 2.45) is 0 Å². The standard InChI is InChI=1S/C58H35NOS/c1-2-13-36(14-3-1)37-25-27-39(28-26-37)59(40-29-31-47-45-19-7-6-17-43(45)44-18-8-9-20-46(44)51(47)34-40)41-30-32-54-52(35-41)53-33-38-15-4-5-16-42(38)56(57(53)60-54)50-23-12-22-49-48-21-10-11-24-55(48)61-58(49)50/h1-35H. The lowest BCUT2D eigenvalue weighted by Crippen LogP contribution is -2.10. The molecule has 0 bridgehead atoms. The van der Waals surface area contributed by atoms with Crippen LogP contribution in [-0.4, -0.2) is 0 Å². The summed E-state index contributed by atoms with van der Waals surface area (Å²) in [5.41, 5.74) is 9.76.